The van der Waals surface area contributed by atoms with E-state index < -0.39 is 0 Å². The number of hydrogen-bond acceptors (Lipinski definition) is 3. The highest BCUT2D eigenvalue weighted by Gasteiger charge is 2.31. The SMILES string of the molecule is Cc1ccc(OCC(=O)N[C@H]2CC(=O)N(c3ccccc3)C2)cc1. The third-order valence-electron chi connectivity index (χ3n) is 3.95. The second-order valence-corrected chi connectivity index (χ2v) is 5.91. The first-order valence-electron chi connectivity index (χ1n) is 7.96. The van der Waals surface area contributed by atoms with Crippen LogP contribution < -0.4 is 15.0 Å². The minimum absolute atomic E-state index is 0.0194. The number of hydrogen-bond donors (Lipinski definition) is 1. The summed E-state index contributed by atoms with van der Waals surface area (Å²) >= 11 is 0. The van der Waals surface area contributed by atoms with Gasteiger partial charge in [-0.3, -0.25) is 9.59 Å². The number of nitrogens with zero attached hydrogens (tertiary/aromatic N) is 1. The fourth-order valence-electron chi connectivity index (χ4n) is 2.71. The summed E-state index contributed by atoms with van der Waals surface area (Å²) in [6.45, 7) is 2.42. The van der Waals surface area contributed by atoms with E-state index in [4.69, 9.17) is 4.74 Å². The number of amides is 2. The summed E-state index contributed by atoms with van der Waals surface area (Å²) in [5.41, 5.74) is 1.99. The highest BCUT2D eigenvalue weighted by molar-refractivity contribution is 5.96. The van der Waals surface area contributed by atoms with E-state index in [-0.39, 0.29) is 24.5 Å². The maximum Gasteiger partial charge on any atom is 0.258 e. The van der Waals surface area contributed by atoms with Gasteiger partial charge < -0.3 is 15.0 Å². The summed E-state index contributed by atoms with van der Waals surface area (Å²) in [5, 5.41) is 2.86. The second kappa shape index (κ2) is 7.17. The highest BCUT2D eigenvalue weighted by atomic mass is 16.5. The van der Waals surface area contributed by atoms with Crippen molar-refractivity contribution < 1.29 is 14.3 Å². The molecule has 3 rings (SSSR count). The number of benzene rings is 2. The molecule has 1 fully saturated rings. The van der Waals surface area contributed by atoms with Crippen molar-refractivity contribution in [3.05, 3.63) is 60.2 Å². The van der Waals surface area contributed by atoms with Gasteiger partial charge in [0.15, 0.2) is 6.61 Å². The van der Waals surface area contributed by atoms with Crippen LogP contribution in [-0.4, -0.2) is 31.0 Å². The van der Waals surface area contributed by atoms with Crippen molar-refractivity contribution in [1.82, 2.24) is 5.32 Å². The highest BCUT2D eigenvalue weighted by Crippen LogP contribution is 2.21. The Morgan fingerprint density at radius 3 is 2.58 bits per heavy atom. The van der Waals surface area contributed by atoms with Crippen molar-refractivity contribution in [2.45, 2.75) is 19.4 Å². The molecule has 2 aromatic rings. The van der Waals surface area contributed by atoms with Gasteiger partial charge >= 0.3 is 0 Å². The Bertz CT molecular complexity index is 713. The molecule has 1 saturated heterocycles. The molecule has 5 heteroatoms. The van der Waals surface area contributed by atoms with Crippen molar-refractivity contribution in [3.8, 4) is 5.75 Å². The number of aryl methyl sites for hydroxylation is 1. The van der Waals surface area contributed by atoms with Gasteiger partial charge in [0.25, 0.3) is 5.91 Å². The van der Waals surface area contributed by atoms with Gasteiger partial charge in [-0.05, 0) is 31.2 Å². The van der Waals surface area contributed by atoms with Gasteiger partial charge in [0.1, 0.15) is 5.75 Å². The third kappa shape index (κ3) is 3.93. The molecule has 5 nitrogen and oxygen atoms in total. The van der Waals surface area contributed by atoms with Gasteiger partial charge in [-0.25, -0.2) is 0 Å². The molecule has 1 aliphatic rings. The second-order valence-electron chi connectivity index (χ2n) is 5.91. The van der Waals surface area contributed by atoms with Crippen molar-refractivity contribution in [2.75, 3.05) is 18.1 Å². The molecule has 0 spiro atoms. The lowest BCUT2D eigenvalue weighted by Crippen LogP contribution is -2.39. The molecule has 124 valence electrons. The maximum absolute atomic E-state index is 12.1. The topological polar surface area (TPSA) is 58.6 Å². The van der Waals surface area contributed by atoms with Crippen LogP contribution in [-0.2, 0) is 9.59 Å². The molecular formula is C19H20N2O3. The van der Waals surface area contributed by atoms with Crippen LogP contribution >= 0.6 is 0 Å². The van der Waals surface area contributed by atoms with Crippen LogP contribution in [0, 0.1) is 6.92 Å². The first kappa shape index (κ1) is 16.1. The zero-order valence-corrected chi connectivity index (χ0v) is 13.6. The average Bonchev–Trinajstić information content (AvgIpc) is 2.95. The smallest absolute Gasteiger partial charge is 0.258 e. The fraction of sp³-hybridized carbons (Fsp3) is 0.263. The monoisotopic (exact) mass is 324 g/mol. The Balaban J connectivity index is 1.50. The number of anilines is 1. The summed E-state index contributed by atoms with van der Waals surface area (Å²) in [7, 11) is 0. The maximum atomic E-state index is 12.1. The minimum Gasteiger partial charge on any atom is -0.484 e. The molecule has 0 aromatic heterocycles. The lowest BCUT2D eigenvalue weighted by Gasteiger charge is -2.17. The van der Waals surface area contributed by atoms with E-state index in [0.717, 1.165) is 11.3 Å². The molecule has 0 bridgehead atoms. The normalized spacial score (nSPS) is 17.0. The molecule has 24 heavy (non-hydrogen) atoms. The van der Waals surface area contributed by atoms with E-state index >= 15 is 0 Å². The van der Waals surface area contributed by atoms with E-state index in [1.165, 1.54) is 0 Å². The molecule has 0 saturated carbocycles. The number of rotatable bonds is 5. The van der Waals surface area contributed by atoms with E-state index in [1.807, 2.05) is 61.5 Å². The molecule has 0 radical (unpaired) electrons. The Morgan fingerprint density at radius 1 is 1.17 bits per heavy atom. The molecule has 1 heterocycles. The van der Waals surface area contributed by atoms with Crippen molar-refractivity contribution in [2.24, 2.45) is 0 Å². The van der Waals surface area contributed by atoms with E-state index in [2.05, 4.69) is 5.32 Å². The van der Waals surface area contributed by atoms with Gasteiger partial charge in [-0.15, -0.1) is 0 Å². The van der Waals surface area contributed by atoms with Gasteiger partial charge in [-0.1, -0.05) is 35.9 Å². The average molecular weight is 324 g/mol. The first-order chi connectivity index (χ1) is 11.6. The van der Waals surface area contributed by atoms with E-state index in [9.17, 15) is 9.59 Å². The van der Waals surface area contributed by atoms with Crippen LogP contribution in [0.2, 0.25) is 0 Å². The van der Waals surface area contributed by atoms with Crippen molar-refractivity contribution in [1.29, 1.82) is 0 Å². The summed E-state index contributed by atoms with van der Waals surface area (Å²) in [6.07, 6.45) is 0.311. The van der Waals surface area contributed by atoms with E-state index in [0.29, 0.717) is 18.7 Å². The molecule has 2 amide bonds. The van der Waals surface area contributed by atoms with Crippen molar-refractivity contribution >= 4 is 17.5 Å². The molecular weight excluding hydrogens is 304 g/mol. The van der Waals surface area contributed by atoms with Gasteiger partial charge in [0.2, 0.25) is 5.91 Å². The van der Waals surface area contributed by atoms with Gasteiger partial charge in [0, 0.05) is 18.7 Å². The largest absolute Gasteiger partial charge is 0.484 e. The Morgan fingerprint density at radius 2 is 1.88 bits per heavy atom. The van der Waals surface area contributed by atoms with Crippen LogP contribution in [0.1, 0.15) is 12.0 Å². The number of ether oxygens (including phenoxy) is 1. The van der Waals surface area contributed by atoms with Gasteiger partial charge in [-0.2, -0.15) is 0 Å². The lowest BCUT2D eigenvalue weighted by atomic mass is 10.2. The lowest BCUT2D eigenvalue weighted by molar-refractivity contribution is -0.123. The predicted octanol–water partition coefficient (Wildman–Crippen LogP) is 2.30. The zero-order chi connectivity index (χ0) is 16.9. The summed E-state index contributed by atoms with van der Waals surface area (Å²) in [5.74, 6) is 0.457. The van der Waals surface area contributed by atoms with E-state index in [1.54, 1.807) is 4.90 Å². The molecule has 2 aromatic carbocycles. The fourth-order valence-corrected chi connectivity index (χ4v) is 2.71. The van der Waals surface area contributed by atoms with Crippen LogP contribution in [0.4, 0.5) is 5.69 Å². The Kier molecular flexibility index (Phi) is 4.79. The molecule has 1 atom stereocenters. The number of carbonyl (C=O) groups excluding carboxylic acids is 2. The Labute approximate surface area is 141 Å². The summed E-state index contributed by atoms with van der Waals surface area (Å²) < 4.78 is 5.46. The summed E-state index contributed by atoms with van der Waals surface area (Å²) in [6, 6.07) is 16.8. The minimum atomic E-state index is -0.219. The van der Waals surface area contributed by atoms with Crippen LogP contribution in [0.3, 0.4) is 0 Å². The standard InChI is InChI=1S/C19H20N2O3/c1-14-7-9-17(10-8-14)24-13-18(22)20-15-11-19(23)21(12-15)16-5-3-2-4-6-16/h2-10,15H,11-13H2,1H3,(H,20,22)/t15-/m0/s1. The van der Waals surface area contributed by atoms with Gasteiger partial charge in [0.05, 0.1) is 6.04 Å². The molecule has 0 unspecified atom stereocenters. The summed E-state index contributed by atoms with van der Waals surface area (Å²) in [4.78, 5) is 25.8. The third-order valence-corrected chi connectivity index (χ3v) is 3.95. The zero-order valence-electron chi connectivity index (χ0n) is 13.6. The molecule has 0 aliphatic carbocycles. The number of nitrogens with one attached hydrogen (secondary N) is 1. The van der Waals surface area contributed by atoms with Crippen LogP contribution in [0.5, 0.6) is 5.75 Å². The van der Waals surface area contributed by atoms with Crippen LogP contribution in [0.15, 0.2) is 54.6 Å². The predicted molar refractivity (Wildman–Crippen MR) is 92.0 cm³/mol. The molecule has 1 N–H and O–H groups in total. The van der Waals surface area contributed by atoms with Crippen molar-refractivity contribution in [3.63, 3.8) is 0 Å². The number of para-hydroxylation sites is 1. The Hall–Kier alpha value is -2.82. The quantitative estimate of drug-likeness (QED) is 0.918. The number of carbonyl (C=O) groups is 2. The van der Waals surface area contributed by atoms with Crippen LogP contribution in [0.25, 0.3) is 0 Å². The first-order valence-corrected chi connectivity index (χ1v) is 7.96. The molecule has 1 aliphatic heterocycles.